The van der Waals surface area contributed by atoms with E-state index >= 15 is 0 Å². The molecule has 0 aliphatic rings. The molecular formula is C14H14F3N. The van der Waals surface area contributed by atoms with Crippen LogP contribution in [-0.4, -0.2) is 6.18 Å². The first-order chi connectivity index (χ1) is 8.38. The molecule has 4 heteroatoms. The van der Waals surface area contributed by atoms with Crippen LogP contribution in [0.1, 0.15) is 23.6 Å². The van der Waals surface area contributed by atoms with Gasteiger partial charge in [0.15, 0.2) is 0 Å². The summed E-state index contributed by atoms with van der Waals surface area (Å²) < 4.78 is 37.2. The molecule has 0 fully saturated rings. The van der Waals surface area contributed by atoms with Gasteiger partial charge in [0.25, 0.3) is 0 Å². The van der Waals surface area contributed by atoms with Crippen molar-refractivity contribution in [3.05, 3.63) is 47.5 Å². The molecular weight excluding hydrogens is 239 g/mol. The molecule has 0 amide bonds. The number of benzene rings is 2. The Labute approximate surface area is 103 Å². The van der Waals surface area contributed by atoms with Crippen LogP contribution < -0.4 is 5.73 Å². The monoisotopic (exact) mass is 253 g/mol. The largest absolute Gasteiger partial charge is 0.390 e. The van der Waals surface area contributed by atoms with E-state index < -0.39 is 18.6 Å². The van der Waals surface area contributed by atoms with Crippen LogP contribution in [0.4, 0.5) is 13.2 Å². The van der Waals surface area contributed by atoms with Crippen molar-refractivity contribution < 1.29 is 13.2 Å². The Hall–Kier alpha value is -1.55. The molecule has 0 spiro atoms. The highest BCUT2D eigenvalue weighted by atomic mass is 19.4. The number of hydrogen-bond donors (Lipinski definition) is 1. The summed E-state index contributed by atoms with van der Waals surface area (Å²) in [5, 5.41) is 1.75. The van der Waals surface area contributed by atoms with Gasteiger partial charge in [-0.05, 0) is 28.8 Å². The summed E-state index contributed by atoms with van der Waals surface area (Å²) in [4.78, 5) is 0. The zero-order chi connectivity index (χ0) is 13.3. The summed E-state index contributed by atoms with van der Waals surface area (Å²) in [5.74, 6) is 0. The second-order valence-electron chi connectivity index (χ2n) is 4.44. The highest BCUT2D eigenvalue weighted by Crippen LogP contribution is 2.32. The Morgan fingerprint density at radius 2 is 1.67 bits per heavy atom. The second-order valence-corrected chi connectivity index (χ2v) is 4.44. The third-order valence-electron chi connectivity index (χ3n) is 3.03. The Kier molecular flexibility index (Phi) is 3.30. The topological polar surface area (TPSA) is 26.0 Å². The fraction of sp³-hybridized carbons (Fsp3) is 0.286. The minimum atomic E-state index is -4.24. The third-order valence-corrected chi connectivity index (χ3v) is 3.03. The molecule has 0 aliphatic carbocycles. The fourth-order valence-corrected chi connectivity index (χ4v) is 2.16. The van der Waals surface area contributed by atoms with Crippen LogP contribution in [0, 0.1) is 6.92 Å². The van der Waals surface area contributed by atoms with Crippen molar-refractivity contribution in [1.29, 1.82) is 0 Å². The first-order valence-electron chi connectivity index (χ1n) is 5.69. The van der Waals surface area contributed by atoms with E-state index in [1.165, 1.54) is 0 Å². The normalized spacial score (nSPS) is 13.8. The number of nitrogens with two attached hydrogens (primary N) is 1. The van der Waals surface area contributed by atoms with Gasteiger partial charge in [-0.2, -0.15) is 13.2 Å². The van der Waals surface area contributed by atoms with Crippen LogP contribution >= 0.6 is 0 Å². The minimum absolute atomic E-state index is 0.550. The summed E-state index contributed by atoms with van der Waals surface area (Å²) in [5.41, 5.74) is 7.26. The van der Waals surface area contributed by atoms with E-state index in [1.54, 1.807) is 6.07 Å². The van der Waals surface area contributed by atoms with Crippen LogP contribution in [0.3, 0.4) is 0 Å². The molecule has 0 unspecified atom stereocenters. The van der Waals surface area contributed by atoms with Crippen molar-refractivity contribution in [3.63, 3.8) is 0 Å². The van der Waals surface area contributed by atoms with Crippen LogP contribution in [0.25, 0.3) is 10.8 Å². The van der Waals surface area contributed by atoms with Crippen molar-refractivity contribution in [1.82, 2.24) is 0 Å². The Balaban J connectivity index is 2.49. The van der Waals surface area contributed by atoms with E-state index in [2.05, 4.69) is 0 Å². The maximum atomic E-state index is 12.4. The molecule has 1 atom stereocenters. The van der Waals surface area contributed by atoms with Crippen molar-refractivity contribution >= 4 is 10.8 Å². The summed E-state index contributed by atoms with van der Waals surface area (Å²) in [7, 11) is 0. The Morgan fingerprint density at radius 3 is 2.28 bits per heavy atom. The van der Waals surface area contributed by atoms with Gasteiger partial charge in [-0.25, -0.2) is 0 Å². The maximum Gasteiger partial charge on any atom is 0.390 e. The molecule has 0 radical (unpaired) electrons. The number of rotatable bonds is 2. The molecule has 2 aromatic carbocycles. The van der Waals surface area contributed by atoms with Gasteiger partial charge in [0, 0.05) is 6.04 Å². The van der Waals surface area contributed by atoms with E-state index in [9.17, 15) is 13.2 Å². The number of aryl methyl sites for hydroxylation is 1. The Morgan fingerprint density at radius 1 is 1.06 bits per heavy atom. The van der Waals surface area contributed by atoms with Crippen LogP contribution in [0.15, 0.2) is 36.4 Å². The molecule has 2 rings (SSSR count). The van der Waals surface area contributed by atoms with Gasteiger partial charge in [0.2, 0.25) is 0 Å². The molecule has 96 valence electrons. The molecule has 0 aliphatic heterocycles. The van der Waals surface area contributed by atoms with Gasteiger partial charge in [-0.15, -0.1) is 0 Å². The molecule has 2 N–H and O–H groups in total. The summed E-state index contributed by atoms with van der Waals surface area (Å²) in [6, 6.07) is 9.88. The summed E-state index contributed by atoms with van der Waals surface area (Å²) in [6.45, 7) is 1.93. The molecule has 0 heterocycles. The van der Waals surface area contributed by atoms with Gasteiger partial charge in [-0.1, -0.05) is 36.4 Å². The minimum Gasteiger partial charge on any atom is -0.324 e. The first kappa shape index (κ1) is 12.9. The molecule has 2 aromatic rings. The predicted octanol–water partition coefficient (Wildman–Crippen LogP) is 4.10. The van der Waals surface area contributed by atoms with Crippen molar-refractivity contribution in [2.24, 2.45) is 5.73 Å². The average molecular weight is 253 g/mol. The SMILES string of the molecule is Cc1ccc([C@@H](N)CC(F)(F)F)c2ccccc12. The lowest BCUT2D eigenvalue weighted by Crippen LogP contribution is -2.20. The van der Waals surface area contributed by atoms with Crippen molar-refractivity contribution in [2.45, 2.75) is 25.6 Å². The predicted molar refractivity (Wildman–Crippen MR) is 66.3 cm³/mol. The molecule has 0 saturated heterocycles. The summed E-state index contributed by atoms with van der Waals surface area (Å²) >= 11 is 0. The lowest BCUT2D eigenvalue weighted by Gasteiger charge is -2.17. The van der Waals surface area contributed by atoms with Gasteiger partial charge < -0.3 is 5.73 Å². The molecule has 1 nitrogen and oxygen atoms in total. The quantitative estimate of drug-likeness (QED) is 0.856. The number of halogens is 3. The molecule has 0 bridgehead atoms. The lowest BCUT2D eigenvalue weighted by molar-refractivity contribution is -0.138. The van der Waals surface area contributed by atoms with E-state index in [-0.39, 0.29) is 0 Å². The number of hydrogen-bond acceptors (Lipinski definition) is 1. The van der Waals surface area contributed by atoms with E-state index in [0.717, 1.165) is 16.3 Å². The van der Waals surface area contributed by atoms with Crippen molar-refractivity contribution in [3.8, 4) is 0 Å². The zero-order valence-electron chi connectivity index (χ0n) is 9.96. The fourth-order valence-electron chi connectivity index (χ4n) is 2.16. The Bertz CT molecular complexity index is 560. The third kappa shape index (κ3) is 2.64. The van der Waals surface area contributed by atoms with E-state index in [1.807, 2.05) is 37.3 Å². The number of alkyl halides is 3. The maximum absolute atomic E-state index is 12.4. The van der Waals surface area contributed by atoms with Crippen LogP contribution in [0.5, 0.6) is 0 Å². The van der Waals surface area contributed by atoms with Gasteiger partial charge in [0.1, 0.15) is 0 Å². The standard InChI is InChI=1S/C14H14F3N/c1-9-6-7-12(13(18)8-14(15,16)17)11-5-3-2-4-10(9)11/h2-7,13H,8,18H2,1H3/t13-/m0/s1. The molecule has 0 aromatic heterocycles. The van der Waals surface area contributed by atoms with E-state index in [4.69, 9.17) is 5.73 Å². The van der Waals surface area contributed by atoms with Gasteiger partial charge in [0.05, 0.1) is 6.42 Å². The highest BCUT2D eigenvalue weighted by molar-refractivity contribution is 5.88. The lowest BCUT2D eigenvalue weighted by atomic mass is 9.95. The van der Waals surface area contributed by atoms with Crippen LogP contribution in [-0.2, 0) is 0 Å². The first-order valence-corrected chi connectivity index (χ1v) is 5.69. The smallest absolute Gasteiger partial charge is 0.324 e. The van der Waals surface area contributed by atoms with Gasteiger partial charge >= 0.3 is 6.18 Å². The number of fused-ring (bicyclic) bond motifs is 1. The summed E-state index contributed by atoms with van der Waals surface area (Å²) in [6.07, 6.45) is -5.24. The van der Waals surface area contributed by atoms with E-state index in [0.29, 0.717) is 5.56 Å². The molecule has 18 heavy (non-hydrogen) atoms. The van der Waals surface area contributed by atoms with Crippen molar-refractivity contribution in [2.75, 3.05) is 0 Å². The average Bonchev–Trinajstić information content (AvgIpc) is 2.27. The zero-order valence-corrected chi connectivity index (χ0v) is 9.96. The highest BCUT2D eigenvalue weighted by Gasteiger charge is 2.31. The second kappa shape index (κ2) is 4.61. The molecule has 0 saturated carbocycles. The van der Waals surface area contributed by atoms with Gasteiger partial charge in [-0.3, -0.25) is 0 Å². The van der Waals surface area contributed by atoms with Crippen LogP contribution in [0.2, 0.25) is 0 Å².